The summed E-state index contributed by atoms with van der Waals surface area (Å²) in [4.78, 5) is 1.04. The Morgan fingerprint density at radius 1 is 1.53 bits per heavy atom. The fraction of sp³-hybridized carbons (Fsp3) is 0.556. The van der Waals surface area contributed by atoms with Gasteiger partial charge in [-0.15, -0.1) is 11.3 Å². The highest BCUT2D eigenvalue weighted by Crippen LogP contribution is 2.23. The molecule has 0 saturated carbocycles. The van der Waals surface area contributed by atoms with Gasteiger partial charge in [-0.05, 0) is 18.4 Å². The molecular formula is C9H14O3S3. The van der Waals surface area contributed by atoms with Crippen molar-refractivity contribution in [2.45, 2.75) is 12.2 Å². The summed E-state index contributed by atoms with van der Waals surface area (Å²) >= 11 is 1.55. The molecule has 1 aromatic heterocycles. The highest BCUT2D eigenvalue weighted by Gasteiger charge is 2.16. The molecule has 0 aliphatic carbocycles. The van der Waals surface area contributed by atoms with Gasteiger partial charge in [-0.25, -0.2) is 8.42 Å². The first-order valence-electron chi connectivity index (χ1n) is 4.48. The lowest BCUT2D eigenvalue weighted by atomic mass is 10.4. The monoisotopic (exact) mass is 266 g/mol. The van der Waals surface area contributed by atoms with Crippen molar-refractivity contribution in [1.82, 2.24) is 0 Å². The maximum absolute atomic E-state index is 11.7. The average molecular weight is 266 g/mol. The third kappa shape index (κ3) is 4.44. The molecule has 1 aromatic rings. The Labute approximate surface area is 96.9 Å². The van der Waals surface area contributed by atoms with Crippen LogP contribution in [0.2, 0.25) is 0 Å². The first kappa shape index (κ1) is 12.9. The van der Waals surface area contributed by atoms with Gasteiger partial charge in [0.2, 0.25) is 0 Å². The lowest BCUT2D eigenvalue weighted by Crippen LogP contribution is -2.14. The summed E-state index contributed by atoms with van der Waals surface area (Å²) in [7, 11) is -4.12. The Hall–Kier alpha value is -0.200. The Morgan fingerprint density at radius 2 is 2.20 bits per heavy atom. The third-order valence-corrected chi connectivity index (χ3v) is 6.05. The molecule has 0 radical (unpaired) electrons. The maximum atomic E-state index is 11.7. The van der Waals surface area contributed by atoms with Crippen LogP contribution >= 0.6 is 11.3 Å². The molecule has 0 aliphatic heterocycles. The van der Waals surface area contributed by atoms with E-state index >= 15 is 0 Å². The van der Waals surface area contributed by atoms with Crippen molar-refractivity contribution in [3.05, 3.63) is 22.4 Å². The standard InChI is InChI=1S/C9H14O3S3/c1-8(9-4-3-5-13-9)14(10)6-7-15(2,11)12/h3-5,8H,6-7H2,1-2H3. The second kappa shape index (κ2) is 5.23. The second-order valence-electron chi connectivity index (χ2n) is 3.37. The molecule has 15 heavy (non-hydrogen) atoms. The van der Waals surface area contributed by atoms with E-state index in [1.165, 1.54) is 6.26 Å². The van der Waals surface area contributed by atoms with Crippen LogP contribution in [0.15, 0.2) is 17.5 Å². The molecule has 0 bridgehead atoms. The summed E-state index contributed by atoms with van der Waals surface area (Å²) in [6.45, 7) is 1.87. The van der Waals surface area contributed by atoms with Crippen molar-refractivity contribution >= 4 is 32.0 Å². The largest absolute Gasteiger partial charge is 0.259 e. The summed E-state index contributed by atoms with van der Waals surface area (Å²) in [6, 6.07) is 3.83. The zero-order chi connectivity index (χ0) is 11.5. The molecule has 2 unspecified atom stereocenters. The van der Waals surface area contributed by atoms with Crippen LogP contribution in [-0.4, -0.2) is 30.4 Å². The minimum Gasteiger partial charge on any atom is -0.259 e. The van der Waals surface area contributed by atoms with Gasteiger partial charge in [0.15, 0.2) is 0 Å². The van der Waals surface area contributed by atoms with Crippen molar-refractivity contribution in [1.29, 1.82) is 0 Å². The number of thiophene rings is 1. The molecule has 6 heteroatoms. The highest BCUT2D eigenvalue weighted by atomic mass is 32.2. The number of sulfone groups is 1. The Balaban J connectivity index is 2.55. The van der Waals surface area contributed by atoms with Crippen molar-refractivity contribution in [2.24, 2.45) is 0 Å². The topological polar surface area (TPSA) is 51.2 Å². The molecule has 3 nitrogen and oxygen atoms in total. The Kier molecular flexibility index (Phi) is 4.48. The Bertz CT molecular complexity index is 419. The molecule has 0 aliphatic rings. The summed E-state index contributed by atoms with van der Waals surface area (Å²) < 4.78 is 33.6. The second-order valence-corrected chi connectivity index (χ2v) is 8.49. The van der Waals surface area contributed by atoms with Gasteiger partial charge in [0.25, 0.3) is 0 Å². The summed E-state index contributed by atoms with van der Waals surface area (Å²) in [5, 5.41) is 1.85. The predicted octanol–water partition coefficient (Wildman–Crippen LogP) is 1.60. The van der Waals surface area contributed by atoms with Crippen LogP contribution < -0.4 is 0 Å². The van der Waals surface area contributed by atoms with Crippen LogP contribution in [0.5, 0.6) is 0 Å². The molecule has 0 amide bonds. The third-order valence-electron chi connectivity index (χ3n) is 1.99. The van der Waals surface area contributed by atoms with Gasteiger partial charge >= 0.3 is 0 Å². The smallest absolute Gasteiger partial charge is 0.148 e. The van der Waals surface area contributed by atoms with Crippen molar-refractivity contribution < 1.29 is 12.6 Å². The minimum absolute atomic E-state index is 0.00464. The van der Waals surface area contributed by atoms with E-state index in [0.717, 1.165) is 4.88 Å². The fourth-order valence-electron chi connectivity index (χ4n) is 1.06. The van der Waals surface area contributed by atoms with E-state index in [0.29, 0.717) is 0 Å². The van der Waals surface area contributed by atoms with E-state index in [1.807, 2.05) is 24.4 Å². The molecule has 0 spiro atoms. The zero-order valence-electron chi connectivity index (χ0n) is 8.67. The average Bonchev–Trinajstić information content (AvgIpc) is 2.64. The van der Waals surface area contributed by atoms with Gasteiger partial charge in [0, 0.05) is 27.7 Å². The predicted molar refractivity (Wildman–Crippen MR) is 65.5 cm³/mol. The van der Waals surface area contributed by atoms with Crippen LogP contribution in [0.1, 0.15) is 17.1 Å². The fourth-order valence-corrected chi connectivity index (χ4v) is 4.77. The van der Waals surface area contributed by atoms with Gasteiger partial charge < -0.3 is 0 Å². The quantitative estimate of drug-likeness (QED) is 0.813. The molecule has 0 N–H and O–H groups in total. The van der Waals surface area contributed by atoms with Crippen molar-refractivity contribution in [3.63, 3.8) is 0 Å². The van der Waals surface area contributed by atoms with Gasteiger partial charge in [-0.1, -0.05) is 6.07 Å². The number of hydrogen-bond acceptors (Lipinski definition) is 4. The molecule has 2 atom stereocenters. The van der Waals surface area contributed by atoms with E-state index in [9.17, 15) is 12.6 Å². The van der Waals surface area contributed by atoms with Crippen LogP contribution in [0.25, 0.3) is 0 Å². The van der Waals surface area contributed by atoms with Crippen molar-refractivity contribution in [3.8, 4) is 0 Å². The molecule has 86 valence electrons. The lowest BCUT2D eigenvalue weighted by molar-refractivity contribution is 0.602. The zero-order valence-corrected chi connectivity index (χ0v) is 11.1. The van der Waals surface area contributed by atoms with E-state index in [4.69, 9.17) is 0 Å². The van der Waals surface area contributed by atoms with Crippen molar-refractivity contribution in [2.75, 3.05) is 17.8 Å². The minimum atomic E-state index is -3.01. The Morgan fingerprint density at radius 3 is 2.67 bits per heavy atom. The van der Waals surface area contributed by atoms with Crippen LogP contribution in [0.4, 0.5) is 0 Å². The number of hydrogen-bond donors (Lipinski definition) is 0. The molecule has 0 saturated heterocycles. The van der Waals surface area contributed by atoms with Crippen LogP contribution in [0.3, 0.4) is 0 Å². The molecule has 1 rings (SSSR count). The molecular weight excluding hydrogens is 252 g/mol. The molecule has 0 aromatic carbocycles. The van der Waals surface area contributed by atoms with E-state index in [1.54, 1.807) is 11.3 Å². The van der Waals surface area contributed by atoms with Gasteiger partial charge in [-0.2, -0.15) is 0 Å². The van der Waals surface area contributed by atoms with Crippen LogP contribution in [0, 0.1) is 0 Å². The first-order valence-corrected chi connectivity index (χ1v) is 8.80. The van der Waals surface area contributed by atoms with Gasteiger partial charge in [0.1, 0.15) is 9.84 Å². The lowest BCUT2D eigenvalue weighted by Gasteiger charge is -2.08. The first-order chi connectivity index (χ1) is 6.90. The molecule has 1 heterocycles. The van der Waals surface area contributed by atoms with E-state index in [2.05, 4.69) is 0 Å². The van der Waals surface area contributed by atoms with E-state index in [-0.39, 0.29) is 16.8 Å². The van der Waals surface area contributed by atoms with Gasteiger partial charge in [0.05, 0.1) is 11.0 Å². The highest BCUT2D eigenvalue weighted by molar-refractivity contribution is 7.92. The summed E-state index contributed by atoms with van der Waals surface area (Å²) in [5.41, 5.74) is 0. The maximum Gasteiger partial charge on any atom is 0.148 e. The summed E-state index contributed by atoms with van der Waals surface area (Å²) in [5.74, 6) is 0.216. The molecule has 0 fully saturated rings. The SMILES string of the molecule is CC(c1cccs1)S(=O)CCS(C)(=O)=O. The summed E-state index contributed by atoms with van der Waals surface area (Å²) in [6.07, 6.45) is 1.17. The van der Waals surface area contributed by atoms with Crippen LogP contribution in [-0.2, 0) is 20.6 Å². The van der Waals surface area contributed by atoms with E-state index < -0.39 is 20.6 Å². The normalized spacial score (nSPS) is 16.1. The number of rotatable bonds is 5. The van der Waals surface area contributed by atoms with Gasteiger partial charge in [-0.3, -0.25) is 4.21 Å².